The van der Waals surface area contributed by atoms with Gasteiger partial charge in [-0.15, -0.1) is 0 Å². The summed E-state index contributed by atoms with van der Waals surface area (Å²) in [6, 6.07) is 10.0. The van der Waals surface area contributed by atoms with Crippen molar-refractivity contribution in [2.45, 2.75) is 62.7 Å². The summed E-state index contributed by atoms with van der Waals surface area (Å²) in [5, 5.41) is 16.5. The third kappa shape index (κ3) is 5.35. The molecule has 1 aliphatic carbocycles. The highest BCUT2D eigenvalue weighted by atomic mass is 32.2. The minimum atomic E-state index is -3.69. The van der Waals surface area contributed by atoms with Gasteiger partial charge in [0.1, 0.15) is 5.76 Å². The number of rotatable bonds is 9. The van der Waals surface area contributed by atoms with Gasteiger partial charge in [0.15, 0.2) is 17.0 Å². The lowest BCUT2D eigenvalue weighted by atomic mass is 9.93. The maximum atomic E-state index is 12.6. The van der Waals surface area contributed by atoms with Gasteiger partial charge >= 0.3 is 0 Å². The van der Waals surface area contributed by atoms with Gasteiger partial charge in [-0.2, -0.15) is 9.97 Å². The first-order valence-electron chi connectivity index (χ1n) is 12.0. The van der Waals surface area contributed by atoms with E-state index in [1.54, 1.807) is 30.6 Å². The standard InChI is InChI=1S/C24H29N7O4S/c1-2-31-15-25-21-22(29-24(30-23(21)31)28-17-5-9-18(32)10-6-17)27-16-7-11-20(12-8-16)36(33,34)26-14-19-4-3-13-35-19/h3-4,7-8,11-13,15,17-18,26,32H,2,5-6,9-10,14H2,1H3,(H2,27,28,29,30)/t17-,18-. The molecule has 1 saturated carbocycles. The van der Waals surface area contributed by atoms with Crippen LogP contribution in [0, 0.1) is 0 Å². The molecule has 1 fully saturated rings. The summed E-state index contributed by atoms with van der Waals surface area (Å²) in [6.45, 7) is 2.80. The van der Waals surface area contributed by atoms with Crippen molar-refractivity contribution in [3.63, 3.8) is 0 Å². The predicted molar refractivity (Wildman–Crippen MR) is 135 cm³/mol. The minimum Gasteiger partial charge on any atom is -0.468 e. The number of imidazole rings is 1. The van der Waals surface area contributed by atoms with E-state index in [2.05, 4.69) is 30.3 Å². The summed E-state index contributed by atoms with van der Waals surface area (Å²) in [4.78, 5) is 14.0. The van der Waals surface area contributed by atoms with E-state index in [0.29, 0.717) is 40.9 Å². The smallest absolute Gasteiger partial charge is 0.240 e. The molecule has 1 aliphatic rings. The Kier molecular flexibility index (Phi) is 6.90. The molecule has 0 bridgehead atoms. The van der Waals surface area contributed by atoms with Crippen LogP contribution in [0.2, 0.25) is 0 Å². The summed E-state index contributed by atoms with van der Waals surface area (Å²) in [6.07, 6.45) is 6.19. The van der Waals surface area contributed by atoms with Crippen LogP contribution in [0.15, 0.2) is 58.3 Å². The third-order valence-electron chi connectivity index (χ3n) is 6.28. The van der Waals surface area contributed by atoms with Crippen molar-refractivity contribution in [3.8, 4) is 0 Å². The number of aromatic nitrogens is 4. The zero-order valence-electron chi connectivity index (χ0n) is 19.9. The highest BCUT2D eigenvalue weighted by Gasteiger charge is 2.21. The van der Waals surface area contributed by atoms with E-state index in [1.165, 1.54) is 18.4 Å². The summed E-state index contributed by atoms with van der Waals surface area (Å²) in [5.74, 6) is 1.55. The van der Waals surface area contributed by atoms with Gasteiger partial charge in [-0.1, -0.05) is 0 Å². The molecule has 0 unspecified atom stereocenters. The van der Waals surface area contributed by atoms with Crippen molar-refractivity contribution in [1.29, 1.82) is 0 Å². The van der Waals surface area contributed by atoms with E-state index in [4.69, 9.17) is 4.42 Å². The summed E-state index contributed by atoms with van der Waals surface area (Å²) < 4.78 is 34.9. The Morgan fingerprint density at radius 2 is 1.89 bits per heavy atom. The molecule has 3 heterocycles. The zero-order chi connectivity index (χ0) is 25.1. The average molecular weight is 512 g/mol. The van der Waals surface area contributed by atoms with Crippen LogP contribution >= 0.6 is 0 Å². The largest absolute Gasteiger partial charge is 0.468 e. The molecule has 0 aliphatic heterocycles. The number of hydrogen-bond donors (Lipinski definition) is 4. The fraction of sp³-hybridized carbons (Fsp3) is 0.375. The quantitative estimate of drug-likeness (QED) is 0.265. The Labute approximate surface area is 209 Å². The minimum absolute atomic E-state index is 0.0735. The molecule has 4 N–H and O–H groups in total. The lowest BCUT2D eigenvalue weighted by Crippen LogP contribution is -2.29. The topological polar surface area (TPSA) is 147 Å². The van der Waals surface area contributed by atoms with E-state index in [9.17, 15) is 13.5 Å². The molecule has 4 aromatic rings. The number of aliphatic hydroxyl groups is 1. The molecule has 1 aromatic carbocycles. The molecule has 3 aromatic heterocycles. The van der Waals surface area contributed by atoms with Crippen molar-refractivity contribution in [1.82, 2.24) is 24.2 Å². The van der Waals surface area contributed by atoms with Gasteiger partial charge in [-0.3, -0.25) is 0 Å². The maximum absolute atomic E-state index is 12.6. The van der Waals surface area contributed by atoms with Crippen molar-refractivity contribution < 1.29 is 17.9 Å². The molecule has 0 radical (unpaired) electrons. The number of anilines is 3. The first kappa shape index (κ1) is 24.2. The molecule has 11 nitrogen and oxygen atoms in total. The first-order valence-corrected chi connectivity index (χ1v) is 13.5. The van der Waals surface area contributed by atoms with Crippen LogP contribution in [0.1, 0.15) is 38.4 Å². The number of furan rings is 1. The summed E-state index contributed by atoms with van der Waals surface area (Å²) in [7, 11) is -3.69. The van der Waals surface area contributed by atoms with E-state index < -0.39 is 10.0 Å². The van der Waals surface area contributed by atoms with Gasteiger partial charge in [0.25, 0.3) is 0 Å². The highest BCUT2D eigenvalue weighted by Crippen LogP contribution is 2.27. The predicted octanol–water partition coefficient (Wildman–Crippen LogP) is 3.38. The summed E-state index contributed by atoms with van der Waals surface area (Å²) >= 11 is 0. The Hall–Kier alpha value is -3.48. The molecule has 5 rings (SSSR count). The molecular formula is C24H29N7O4S. The van der Waals surface area contributed by atoms with Crippen LogP contribution in [0.3, 0.4) is 0 Å². The fourth-order valence-corrected chi connectivity index (χ4v) is 5.24. The normalized spacial score (nSPS) is 18.4. The van der Waals surface area contributed by atoms with Crippen molar-refractivity contribution >= 4 is 38.6 Å². The molecule has 0 amide bonds. The van der Waals surface area contributed by atoms with Gasteiger partial charge in [0.2, 0.25) is 16.0 Å². The molecule has 0 atom stereocenters. The number of fused-ring (bicyclic) bond motifs is 1. The molecular weight excluding hydrogens is 482 g/mol. The van der Waals surface area contributed by atoms with E-state index in [-0.39, 0.29) is 23.6 Å². The highest BCUT2D eigenvalue weighted by molar-refractivity contribution is 7.89. The lowest BCUT2D eigenvalue weighted by Gasteiger charge is -2.26. The van der Waals surface area contributed by atoms with Gasteiger partial charge in [0.05, 0.1) is 30.1 Å². The number of hydrogen-bond acceptors (Lipinski definition) is 9. The number of benzene rings is 1. The van der Waals surface area contributed by atoms with Gasteiger partial charge in [-0.25, -0.2) is 18.1 Å². The number of nitrogens with zero attached hydrogens (tertiary/aromatic N) is 4. The molecule has 0 spiro atoms. The van der Waals surface area contributed by atoms with Gasteiger partial charge in [-0.05, 0) is 69.0 Å². The second kappa shape index (κ2) is 10.2. The van der Waals surface area contributed by atoms with E-state index in [0.717, 1.165) is 25.7 Å². The van der Waals surface area contributed by atoms with Gasteiger partial charge < -0.3 is 24.7 Å². The molecule has 12 heteroatoms. The van der Waals surface area contributed by atoms with E-state index >= 15 is 0 Å². The van der Waals surface area contributed by atoms with Crippen molar-refractivity contribution in [3.05, 3.63) is 54.7 Å². The second-order valence-electron chi connectivity index (χ2n) is 8.80. The Morgan fingerprint density at radius 3 is 2.58 bits per heavy atom. The lowest BCUT2D eigenvalue weighted by molar-refractivity contribution is 0.126. The van der Waals surface area contributed by atoms with Gasteiger partial charge in [0, 0.05) is 18.3 Å². The van der Waals surface area contributed by atoms with Crippen LogP contribution in [-0.2, 0) is 23.1 Å². The average Bonchev–Trinajstić information content (AvgIpc) is 3.55. The second-order valence-corrected chi connectivity index (χ2v) is 10.6. The van der Waals surface area contributed by atoms with Crippen LogP contribution in [0.5, 0.6) is 0 Å². The van der Waals surface area contributed by atoms with Crippen molar-refractivity contribution in [2.24, 2.45) is 0 Å². The summed E-state index contributed by atoms with van der Waals surface area (Å²) in [5.41, 5.74) is 1.99. The molecule has 36 heavy (non-hydrogen) atoms. The van der Waals surface area contributed by atoms with Crippen LogP contribution in [0.4, 0.5) is 17.5 Å². The van der Waals surface area contributed by atoms with Crippen LogP contribution in [-0.4, -0.2) is 45.2 Å². The number of aryl methyl sites for hydroxylation is 1. The number of nitrogens with one attached hydrogen (secondary N) is 3. The fourth-order valence-electron chi connectivity index (χ4n) is 4.25. The number of sulfonamides is 1. The Balaban J connectivity index is 1.35. The SMILES string of the molecule is CCn1cnc2c(Nc3ccc(S(=O)(=O)NCc4ccco4)cc3)nc(N[C@H]3CC[C@H](O)CC3)nc21. The number of aliphatic hydroxyl groups excluding tert-OH is 1. The first-order chi connectivity index (χ1) is 17.4. The van der Waals surface area contributed by atoms with Crippen LogP contribution < -0.4 is 15.4 Å². The Bertz CT molecular complexity index is 1410. The molecule has 190 valence electrons. The monoisotopic (exact) mass is 511 g/mol. The third-order valence-corrected chi connectivity index (χ3v) is 7.70. The van der Waals surface area contributed by atoms with E-state index in [1.807, 2.05) is 11.5 Å². The zero-order valence-corrected chi connectivity index (χ0v) is 20.7. The maximum Gasteiger partial charge on any atom is 0.240 e. The van der Waals surface area contributed by atoms with Crippen molar-refractivity contribution in [2.75, 3.05) is 10.6 Å². The van der Waals surface area contributed by atoms with Crippen LogP contribution in [0.25, 0.3) is 11.2 Å². The molecule has 0 saturated heterocycles. The Morgan fingerprint density at radius 1 is 1.11 bits per heavy atom.